The molecule has 34 heavy (non-hydrogen) atoms. The average molecular weight is 460 g/mol. The topological polar surface area (TPSA) is 92.4 Å². The van der Waals surface area contributed by atoms with Crippen molar-refractivity contribution in [3.63, 3.8) is 0 Å². The van der Waals surface area contributed by atoms with Crippen LogP contribution in [0.5, 0.6) is 0 Å². The fraction of sp³-hybridized carbons (Fsp3) is 0.231. The average Bonchev–Trinajstić information content (AvgIpc) is 3.19. The lowest BCUT2D eigenvalue weighted by Crippen LogP contribution is -2.16. The van der Waals surface area contributed by atoms with Gasteiger partial charge in [0.15, 0.2) is 0 Å². The number of hydrogen-bond acceptors (Lipinski definition) is 6. The van der Waals surface area contributed by atoms with Crippen LogP contribution in [-0.4, -0.2) is 40.0 Å². The van der Waals surface area contributed by atoms with Crippen molar-refractivity contribution in [2.75, 3.05) is 13.7 Å². The maximum atomic E-state index is 13.3. The molecule has 4 rings (SSSR count). The van der Waals surface area contributed by atoms with Crippen molar-refractivity contribution in [2.45, 2.75) is 26.7 Å². The summed E-state index contributed by atoms with van der Waals surface area (Å²) in [5.74, 6) is -0.998. The first-order valence-electron chi connectivity index (χ1n) is 11.0. The highest BCUT2D eigenvalue weighted by Gasteiger charge is 2.25. The van der Waals surface area contributed by atoms with Gasteiger partial charge in [-0.05, 0) is 49.2 Å². The lowest BCUT2D eigenvalue weighted by Gasteiger charge is -2.12. The molecule has 0 saturated heterocycles. The molecule has 174 valence electrons. The summed E-state index contributed by atoms with van der Waals surface area (Å²) in [7, 11) is 1.28. The molecule has 2 aromatic rings. The maximum Gasteiger partial charge on any atom is 0.341 e. The highest BCUT2D eigenvalue weighted by Crippen LogP contribution is 2.25. The lowest BCUT2D eigenvalue weighted by molar-refractivity contribution is 0.0499. The van der Waals surface area contributed by atoms with Gasteiger partial charge in [0.2, 0.25) is 0 Å². The Morgan fingerprint density at radius 1 is 1.00 bits per heavy atom. The Balaban J connectivity index is 1.79. The van der Waals surface area contributed by atoms with Gasteiger partial charge >= 0.3 is 11.9 Å². The summed E-state index contributed by atoms with van der Waals surface area (Å²) < 4.78 is 13.1. The highest BCUT2D eigenvalue weighted by molar-refractivity contribution is 5.96. The van der Waals surface area contributed by atoms with Crippen molar-refractivity contribution in [2.24, 2.45) is 0 Å². The zero-order valence-electron chi connectivity index (χ0n) is 19.3. The molecule has 8 heteroatoms. The standard InChI is InChI=1S/C26H25N3O5/c1-4-5-14-34-25(31)18-10-12-19(13-11-18)28-15-20-23(21(16-28)26(32)33-3)27-29(24(20)30)22-9-7-6-8-17(22)2/h6-13,15-16H,4-5,14H2,1-3H3. The van der Waals surface area contributed by atoms with Crippen LogP contribution in [0.3, 0.4) is 0 Å². The first kappa shape index (κ1) is 23.0. The molecule has 0 saturated carbocycles. The number of unbranched alkanes of at least 4 members (excludes halogenated alkanes) is 1. The van der Waals surface area contributed by atoms with Crippen LogP contribution in [0.1, 0.15) is 46.0 Å². The van der Waals surface area contributed by atoms with Crippen molar-refractivity contribution in [1.29, 1.82) is 0 Å². The zero-order valence-corrected chi connectivity index (χ0v) is 19.3. The number of aryl methyl sites for hydroxylation is 1. The van der Waals surface area contributed by atoms with Crippen molar-refractivity contribution < 1.29 is 19.1 Å². The van der Waals surface area contributed by atoms with Crippen molar-refractivity contribution in [3.05, 3.63) is 88.0 Å². The van der Waals surface area contributed by atoms with Crippen molar-refractivity contribution in [3.8, 4) is 22.6 Å². The molecule has 0 amide bonds. The van der Waals surface area contributed by atoms with Crippen molar-refractivity contribution in [1.82, 2.24) is 14.3 Å². The Morgan fingerprint density at radius 3 is 2.41 bits per heavy atom. The number of pyridine rings is 1. The Kier molecular flexibility index (Phi) is 6.58. The molecular formula is C26H25N3O5. The van der Waals surface area contributed by atoms with E-state index in [4.69, 9.17) is 9.47 Å². The molecular weight excluding hydrogens is 434 g/mol. The van der Waals surface area contributed by atoms with E-state index in [1.807, 2.05) is 32.0 Å². The second kappa shape index (κ2) is 9.74. The summed E-state index contributed by atoms with van der Waals surface area (Å²) in [5.41, 5.74) is 2.93. The van der Waals surface area contributed by atoms with Crippen LogP contribution in [-0.2, 0) is 9.47 Å². The molecule has 8 nitrogen and oxygen atoms in total. The van der Waals surface area contributed by atoms with Gasteiger partial charge in [0, 0.05) is 18.1 Å². The fourth-order valence-electron chi connectivity index (χ4n) is 3.64. The van der Waals surface area contributed by atoms with E-state index in [0.717, 1.165) is 18.4 Å². The Morgan fingerprint density at radius 2 is 1.74 bits per heavy atom. The third-order valence-electron chi connectivity index (χ3n) is 5.55. The van der Waals surface area contributed by atoms with E-state index in [1.165, 1.54) is 11.8 Å². The second-order valence-corrected chi connectivity index (χ2v) is 7.87. The molecule has 0 spiro atoms. The van der Waals surface area contributed by atoms with Crippen LogP contribution in [0, 0.1) is 6.92 Å². The largest absolute Gasteiger partial charge is 0.465 e. The van der Waals surface area contributed by atoms with Crippen LogP contribution in [0.4, 0.5) is 0 Å². The Bertz CT molecular complexity index is 1370. The molecule has 2 heterocycles. The summed E-state index contributed by atoms with van der Waals surface area (Å²) in [6, 6.07) is 14.1. The van der Waals surface area contributed by atoms with Gasteiger partial charge in [-0.15, -0.1) is 0 Å². The number of fused-ring (bicyclic) bond motifs is 1. The number of para-hydroxylation sites is 1. The zero-order chi connectivity index (χ0) is 24.2. The van der Waals surface area contributed by atoms with E-state index < -0.39 is 11.9 Å². The third kappa shape index (κ3) is 4.34. The molecule has 0 fully saturated rings. The SMILES string of the molecule is CCCCOC(=O)c1ccc(-n2cc(C(=O)OC)c3nn(-c4ccccc4C)c(=O)c-3c2)cc1. The summed E-state index contributed by atoms with van der Waals surface area (Å²) >= 11 is 0. The van der Waals surface area contributed by atoms with E-state index in [0.29, 0.717) is 23.5 Å². The maximum absolute atomic E-state index is 13.3. The number of carbonyl (C=O) groups is 2. The first-order valence-corrected chi connectivity index (χ1v) is 11.0. The number of aromatic nitrogens is 3. The molecule has 2 aliphatic heterocycles. The van der Waals surface area contributed by atoms with E-state index >= 15 is 0 Å². The van der Waals surface area contributed by atoms with Crippen LogP contribution in [0.2, 0.25) is 0 Å². The number of ether oxygens (including phenoxy) is 2. The predicted molar refractivity (Wildman–Crippen MR) is 127 cm³/mol. The lowest BCUT2D eigenvalue weighted by atomic mass is 10.1. The van der Waals surface area contributed by atoms with E-state index in [2.05, 4.69) is 5.10 Å². The van der Waals surface area contributed by atoms with Gasteiger partial charge in [-0.3, -0.25) is 4.79 Å². The van der Waals surface area contributed by atoms with Crippen LogP contribution in [0.15, 0.2) is 65.7 Å². The molecule has 0 aliphatic carbocycles. The van der Waals surface area contributed by atoms with Gasteiger partial charge in [-0.2, -0.15) is 9.78 Å². The minimum absolute atomic E-state index is 0.160. The Labute approximate surface area is 196 Å². The van der Waals surface area contributed by atoms with Gasteiger partial charge < -0.3 is 14.0 Å². The van der Waals surface area contributed by atoms with E-state index in [1.54, 1.807) is 47.3 Å². The fourth-order valence-corrected chi connectivity index (χ4v) is 3.64. The van der Waals surface area contributed by atoms with Crippen LogP contribution >= 0.6 is 0 Å². The van der Waals surface area contributed by atoms with Gasteiger partial charge in [0.05, 0.1) is 30.5 Å². The Hall–Kier alpha value is -4.20. The number of rotatable bonds is 7. The third-order valence-corrected chi connectivity index (χ3v) is 5.55. The number of nitrogens with zero attached hydrogens (tertiary/aromatic N) is 3. The van der Waals surface area contributed by atoms with E-state index in [-0.39, 0.29) is 22.4 Å². The molecule has 0 N–H and O–H groups in total. The predicted octanol–water partition coefficient (Wildman–Crippen LogP) is 4.18. The summed E-state index contributed by atoms with van der Waals surface area (Å²) in [5, 5.41) is 4.45. The molecule has 0 unspecified atom stereocenters. The second-order valence-electron chi connectivity index (χ2n) is 7.87. The minimum atomic E-state index is -0.607. The number of benzene rings is 2. The number of carbonyl (C=O) groups excluding carboxylic acids is 2. The van der Waals surface area contributed by atoms with Crippen LogP contribution in [0.25, 0.3) is 22.6 Å². The first-order chi connectivity index (χ1) is 16.4. The quantitative estimate of drug-likeness (QED) is 0.304. The van der Waals surface area contributed by atoms with Gasteiger partial charge in [0.1, 0.15) is 11.3 Å². The van der Waals surface area contributed by atoms with E-state index in [9.17, 15) is 14.4 Å². The minimum Gasteiger partial charge on any atom is -0.465 e. The number of esters is 2. The number of hydrogen-bond donors (Lipinski definition) is 0. The summed E-state index contributed by atoms with van der Waals surface area (Å²) in [6.07, 6.45) is 4.94. The van der Waals surface area contributed by atoms with Gasteiger partial charge in [-0.1, -0.05) is 31.5 Å². The van der Waals surface area contributed by atoms with Crippen LogP contribution < -0.4 is 5.56 Å². The molecule has 2 aromatic carbocycles. The monoisotopic (exact) mass is 459 g/mol. The van der Waals surface area contributed by atoms with Crippen molar-refractivity contribution >= 4 is 11.9 Å². The summed E-state index contributed by atoms with van der Waals surface area (Å²) in [6.45, 7) is 4.29. The van der Waals surface area contributed by atoms with Gasteiger partial charge in [-0.25, -0.2) is 9.59 Å². The molecule has 0 atom stereocenters. The van der Waals surface area contributed by atoms with Gasteiger partial charge in [0.25, 0.3) is 5.56 Å². The number of methoxy groups -OCH3 is 1. The molecule has 0 bridgehead atoms. The normalized spacial score (nSPS) is 10.9. The summed E-state index contributed by atoms with van der Waals surface area (Å²) in [4.78, 5) is 38.0. The molecule has 0 aromatic heterocycles. The smallest absolute Gasteiger partial charge is 0.341 e. The molecule has 0 radical (unpaired) electrons. The molecule has 2 aliphatic rings. The highest BCUT2D eigenvalue weighted by atomic mass is 16.5.